The number of aryl methyl sites for hydroxylation is 1. The van der Waals surface area contributed by atoms with E-state index in [9.17, 15) is 0 Å². The fraction of sp³-hybridized carbons (Fsp3) is 0.538. The Morgan fingerprint density at radius 1 is 1.44 bits per heavy atom. The Labute approximate surface area is 106 Å². The van der Waals surface area contributed by atoms with Gasteiger partial charge in [0.25, 0.3) is 0 Å². The number of halogens is 1. The topological polar surface area (TPSA) is 21.3 Å². The second-order valence-corrected chi connectivity index (χ2v) is 5.54. The molecule has 0 saturated carbocycles. The van der Waals surface area contributed by atoms with Gasteiger partial charge in [0.1, 0.15) is 5.75 Å². The maximum Gasteiger partial charge on any atom is 0.138 e. The molecule has 1 heterocycles. The Morgan fingerprint density at radius 2 is 2.19 bits per heavy atom. The van der Waals surface area contributed by atoms with E-state index >= 15 is 0 Å². The molecule has 3 heteroatoms. The highest BCUT2D eigenvalue weighted by Gasteiger charge is 2.33. The summed E-state index contributed by atoms with van der Waals surface area (Å²) in [5.41, 5.74) is 2.58. The van der Waals surface area contributed by atoms with Gasteiger partial charge in [-0.25, -0.2) is 0 Å². The summed E-state index contributed by atoms with van der Waals surface area (Å²) in [5.74, 6) is 0.961. The van der Waals surface area contributed by atoms with Crippen LogP contribution in [0.3, 0.4) is 0 Å². The molecule has 1 atom stereocenters. The van der Waals surface area contributed by atoms with Crippen molar-refractivity contribution < 1.29 is 4.74 Å². The van der Waals surface area contributed by atoms with Gasteiger partial charge in [0.2, 0.25) is 0 Å². The number of rotatable bonds is 2. The van der Waals surface area contributed by atoms with Crippen LogP contribution in [0.5, 0.6) is 5.75 Å². The number of methoxy groups -OCH3 is 1. The van der Waals surface area contributed by atoms with E-state index in [1.54, 1.807) is 7.11 Å². The lowest BCUT2D eigenvalue weighted by atomic mass is 9.89. The summed E-state index contributed by atoms with van der Waals surface area (Å²) in [5, 5.41) is 3.58. The molecule has 1 aromatic carbocycles. The SMILES string of the molecule is COc1c(Br)cc(C)cc1C1(C)CCCN1. The van der Waals surface area contributed by atoms with E-state index in [4.69, 9.17) is 4.74 Å². The second kappa shape index (κ2) is 4.38. The summed E-state index contributed by atoms with van der Waals surface area (Å²) in [6.45, 7) is 5.46. The third kappa shape index (κ3) is 1.98. The van der Waals surface area contributed by atoms with Crippen molar-refractivity contribution in [2.75, 3.05) is 13.7 Å². The van der Waals surface area contributed by atoms with Crippen LogP contribution in [0, 0.1) is 6.92 Å². The third-order valence-electron chi connectivity index (χ3n) is 3.36. The molecule has 0 amide bonds. The molecule has 1 fully saturated rings. The van der Waals surface area contributed by atoms with Crippen molar-refractivity contribution in [1.82, 2.24) is 5.32 Å². The summed E-state index contributed by atoms with van der Waals surface area (Å²) in [6, 6.07) is 4.32. The fourth-order valence-electron chi connectivity index (χ4n) is 2.47. The van der Waals surface area contributed by atoms with Crippen molar-refractivity contribution in [3.05, 3.63) is 27.7 Å². The zero-order valence-electron chi connectivity index (χ0n) is 10.1. The third-order valence-corrected chi connectivity index (χ3v) is 3.94. The van der Waals surface area contributed by atoms with Gasteiger partial charge in [0.05, 0.1) is 11.6 Å². The molecule has 16 heavy (non-hydrogen) atoms. The zero-order chi connectivity index (χ0) is 11.8. The predicted molar refractivity (Wildman–Crippen MR) is 70.0 cm³/mol. The molecule has 0 aromatic heterocycles. The molecule has 1 N–H and O–H groups in total. The molecule has 2 nitrogen and oxygen atoms in total. The van der Waals surface area contributed by atoms with E-state index < -0.39 is 0 Å². The van der Waals surface area contributed by atoms with Crippen LogP contribution in [-0.2, 0) is 5.54 Å². The summed E-state index contributed by atoms with van der Waals surface area (Å²) in [4.78, 5) is 0. The first-order valence-corrected chi connectivity index (χ1v) is 6.46. The molecule has 1 unspecified atom stereocenters. The molecular weight excluding hydrogens is 266 g/mol. The first-order valence-electron chi connectivity index (χ1n) is 5.66. The number of hydrogen-bond donors (Lipinski definition) is 1. The average Bonchev–Trinajstić information content (AvgIpc) is 2.65. The van der Waals surface area contributed by atoms with Crippen LogP contribution < -0.4 is 10.1 Å². The molecule has 1 aromatic rings. The van der Waals surface area contributed by atoms with Gasteiger partial charge in [-0.3, -0.25) is 0 Å². The van der Waals surface area contributed by atoms with Gasteiger partial charge in [0.15, 0.2) is 0 Å². The van der Waals surface area contributed by atoms with Crippen LogP contribution in [0.4, 0.5) is 0 Å². The largest absolute Gasteiger partial charge is 0.495 e. The highest BCUT2D eigenvalue weighted by molar-refractivity contribution is 9.10. The van der Waals surface area contributed by atoms with E-state index in [0.717, 1.165) is 16.8 Å². The van der Waals surface area contributed by atoms with Crippen molar-refractivity contribution in [2.45, 2.75) is 32.2 Å². The Morgan fingerprint density at radius 3 is 2.75 bits per heavy atom. The lowest BCUT2D eigenvalue weighted by molar-refractivity contribution is 0.369. The van der Waals surface area contributed by atoms with Crippen molar-refractivity contribution in [1.29, 1.82) is 0 Å². The van der Waals surface area contributed by atoms with Gasteiger partial charge in [-0.1, -0.05) is 6.07 Å². The normalized spacial score (nSPS) is 24.8. The number of nitrogens with one attached hydrogen (secondary N) is 1. The Hall–Kier alpha value is -0.540. The Bertz CT molecular complexity index is 397. The van der Waals surface area contributed by atoms with Gasteiger partial charge in [-0.05, 0) is 60.8 Å². The number of ether oxygens (including phenoxy) is 1. The highest BCUT2D eigenvalue weighted by atomic mass is 79.9. The first kappa shape index (κ1) is 11.9. The smallest absolute Gasteiger partial charge is 0.138 e. The summed E-state index contributed by atoms with van der Waals surface area (Å²) >= 11 is 3.58. The Balaban J connectivity index is 2.53. The summed E-state index contributed by atoms with van der Waals surface area (Å²) in [6.07, 6.45) is 2.39. The minimum absolute atomic E-state index is 0.0554. The monoisotopic (exact) mass is 283 g/mol. The van der Waals surface area contributed by atoms with Gasteiger partial charge in [-0.15, -0.1) is 0 Å². The molecule has 88 valence electrons. The van der Waals surface area contributed by atoms with Crippen molar-refractivity contribution in [3.63, 3.8) is 0 Å². The van der Waals surface area contributed by atoms with Gasteiger partial charge in [-0.2, -0.15) is 0 Å². The van der Waals surface area contributed by atoms with Gasteiger partial charge < -0.3 is 10.1 Å². The minimum atomic E-state index is 0.0554. The number of hydrogen-bond acceptors (Lipinski definition) is 2. The summed E-state index contributed by atoms with van der Waals surface area (Å²) in [7, 11) is 1.73. The quantitative estimate of drug-likeness (QED) is 0.899. The molecule has 2 rings (SSSR count). The van der Waals surface area contributed by atoms with E-state index in [1.165, 1.54) is 24.0 Å². The van der Waals surface area contributed by atoms with Crippen LogP contribution in [-0.4, -0.2) is 13.7 Å². The molecule has 0 radical (unpaired) electrons. The van der Waals surface area contributed by atoms with E-state index in [2.05, 4.69) is 47.2 Å². The first-order chi connectivity index (χ1) is 7.57. The molecular formula is C13H18BrNO. The van der Waals surface area contributed by atoms with Crippen LogP contribution >= 0.6 is 15.9 Å². The standard InChI is InChI=1S/C13H18BrNO/c1-9-7-10(12(16-3)11(14)8-9)13(2)5-4-6-15-13/h7-8,15H,4-6H2,1-3H3. The molecule has 1 saturated heterocycles. The van der Waals surface area contributed by atoms with E-state index in [-0.39, 0.29) is 5.54 Å². The lowest BCUT2D eigenvalue weighted by Crippen LogP contribution is -2.33. The minimum Gasteiger partial charge on any atom is -0.495 e. The predicted octanol–water partition coefficient (Wildman–Crippen LogP) is 3.36. The van der Waals surface area contributed by atoms with Crippen molar-refractivity contribution in [3.8, 4) is 5.75 Å². The van der Waals surface area contributed by atoms with E-state index in [1.807, 2.05) is 0 Å². The molecule has 0 spiro atoms. The highest BCUT2D eigenvalue weighted by Crippen LogP contribution is 2.40. The average molecular weight is 284 g/mol. The van der Waals surface area contributed by atoms with E-state index in [0.29, 0.717) is 0 Å². The maximum absolute atomic E-state index is 5.52. The van der Waals surface area contributed by atoms with Crippen LogP contribution in [0.2, 0.25) is 0 Å². The van der Waals surface area contributed by atoms with Crippen LogP contribution in [0.25, 0.3) is 0 Å². The van der Waals surface area contributed by atoms with Gasteiger partial charge in [0, 0.05) is 11.1 Å². The van der Waals surface area contributed by atoms with Crippen LogP contribution in [0.1, 0.15) is 30.9 Å². The molecule has 0 aliphatic carbocycles. The summed E-state index contributed by atoms with van der Waals surface area (Å²) < 4.78 is 6.56. The maximum atomic E-state index is 5.52. The zero-order valence-corrected chi connectivity index (χ0v) is 11.6. The fourth-order valence-corrected chi connectivity index (χ4v) is 3.21. The Kier molecular flexibility index (Phi) is 3.27. The molecule has 0 bridgehead atoms. The van der Waals surface area contributed by atoms with Crippen LogP contribution in [0.15, 0.2) is 16.6 Å². The molecule has 1 aliphatic rings. The van der Waals surface area contributed by atoms with Crippen molar-refractivity contribution >= 4 is 15.9 Å². The number of benzene rings is 1. The second-order valence-electron chi connectivity index (χ2n) is 4.69. The van der Waals surface area contributed by atoms with Crippen molar-refractivity contribution in [2.24, 2.45) is 0 Å². The lowest BCUT2D eigenvalue weighted by Gasteiger charge is -2.28. The van der Waals surface area contributed by atoms with Gasteiger partial charge >= 0.3 is 0 Å². The molecule has 1 aliphatic heterocycles.